The molecule has 0 aliphatic rings. The predicted octanol–water partition coefficient (Wildman–Crippen LogP) is 17.0. The van der Waals surface area contributed by atoms with E-state index in [9.17, 15) is 0 Å². The first-order chi connectivity index (χ1) is 33.7. The molecule has 4 nitrogen and oxygen atoms in total. The third-order valence-corrected chi connectivity index (χ3v) is 14.3. The number of para-hydroxylation sites is 2. The fourth-order valence-electron chi connectivity index (χ4n) is 9.79. The number of thiophene rings is 1. The zero-order chi connectivity index (χ0) is 45.0. The fraction of sp³-hybridized carbons (Fsp3) is 0. The van der Waals surface area contributed by atoms with Gasteiger partial charge in [0.15, 0.2) is 17.5 Å². The van der Waals surface area contributed by atoms with Gasteiger partial charge in [-0.15, -0.1) is 11.3 Å². The van der Waals surface area contributed by atoms with Gasteiger partial charge in [0, 0.05) is 58.8 Å². The van der Waals surface area contributed by atoms with Gasteiger partial charge in [0.25, 0.3) is 0 Å². The summed E-state index contributed by atoms with van der Waals surface area (Å²) >= 11 is 1.85. The normalized spacial score (nSPS) is 11.5. The smallest absolute Gasteiger partial charge is 0.164 e. The molecular formula is C63H40N4S. The molecule has 0 saturated heterocycles. The second-order valence-electron chi connectivity index (χ2n) is 17.2. The van der Waals surface area contributed by atoms with Crippen LogP contribution in [-0.4, -0.2) is 19.5 Å². The molecule has 0 bridgehead atoms. The van der Waals surface area contributed by atoms with Crippen molar-refractivity contribution in [2.75, 3.05) is 0 Å². The molecule has 13 aromatic rings. The summed E-state index contributed by atoms with van der Waals surface area (Å²) in [5, 5.41) is 4.93. The van der Waals surface area contributed by atoms with Gasteiger partial charge >= 0.3 is 0 Å². The molecule has 0 N–H and O–H groups in total. The van der Waals surface area contributed by atoms with Gasteiger partial charge in [-0.25, -0.2) is 15.0 Å². The maximum Gasteiger partial charge on any atom is 0.164 e. The maximum atomic E-state index is 5.11. The fourth-order valence-corrected chi connectivity index (χ4v) is 11.0. The van der Waals surface area contributed by atoms with Crippen molar-refractivity contribution in [1.29, 1.82) is 0 Å². The van der Waals surface area contributed by atoms with E-state index in [0.717, 1.165) is 39.1 Å². The average Bonchev–Trinajstić information content (AvgIpc) is 3.97. The number of rotatable bonds is 8. The molecule has 5 heteroatoms. The van der Waals surface area contributed by atoms with Crippen molar-refractivity contribution in [2.24, 2.45) is 0 Å². The molecule has 68 heavy (non-hydrogen) atoms. The predicted molar refractivity (Wildman–Crippen MR) is 285 cm³/mol. The van der Waals surface area contributed by atoms with Gasteiger partial charge < -0.3 is 4.57 Å². The minimum absolute atomic E-state index is 0.631. The molecule has 0 fully saturated rings. The monoisotopic (exact) mass is 884 g/mol. The Hall–Kier alpha value is -8.77. The van der Waals surface area contributed by atoms with E-state index < -0.39 is 0 Å². The zero-order valence-electron chi connectivity index (χ0n) is 36.8. The summed E-state index contributed by atoms with van der Waals surface area (Å²) in [5.41, 5.74) is 15.6. The molecule has 0 unspecified atom stereocenters. The number of hydrogen-bond acceptors (Lipinski definition) is 4. The SMILES string of the molecule is c1ccc(-c2cccc(-c3ccc4c5ccccc5n(-c5ccccc5-c5cc(-c6cccc(-c7nc(-c8ccccc8)nc(-c8ccccc8)n7)c6)c6sc7ccccc7c6c5)c4c3)c2)cc1. The number of aromatic nitrogens is 4. The zero-order valence-corrected chi connectivity index (χ0v) is 37.6. The molecule has 0 aliphatic carbocycles. The molecule has 0 saturated carbocycles. The Labute approximate surface area is 397 Å². The molecule has 10 aromatic carbocycles. The summed E-state index contributed by atoms with van der Waals surface area (Å²) in [5.74, 6) is 1.91. The molecule has 0 aliphatic heterocycles. The first-order valence-corrected chi connectivity index (χ1v) is 23.7. The van der Waals surface area contributed by atoms with E-state index in [1.54, 1.807) is 0 Å². The van der Waals surface area contributed by atoms with E-state index in [0.29, 0.717) is 17.5 Å². The minimum atomic E-state index is 0.631. The largest absolute Gasteiger partial charge is 0.309 e. The number of benzene rings is 10. The molecule has 3 aromatic heterocycles. The first-order valence-electron chi connectivity index (χ1n) is 22.9. The van der Waals surface area contributed by atoms with Crippen LogP contribution < -0.4 is 0 Å². The van der Waals surface area contributed by atoms with Crippen LogP contribution in [-0.2, 0) is 0 Å². The standard InChI is InChI=1S/C63H40N4S/c1-4-18-41(19-5-1)44-24-16-25-45(36-44)46-34-35-52-51-29-11-14-32-57(51)67(58(52)40-46)56-31-13-10-28-50(56)49-38-54(60-55(39-49)53-30-12-15-33-59(53)68-60)47-26-17-27-48(37-47)63-65-61(42-20-6-2-7-21-42)64-62(66-63)43-22-8-3-9-23-43/h1-40H. The van der Waals surface area contributed by atoms with Gasteiger partial charge in [-0.2, -0.15) is 0 Å². The van der Waals surface area contributed by atoms with E-state index in [4.69, 9.17) is 15.0 Å². The lowest BCUT2D eigenvalue weighted by Crippen LogP contribution is -2.00. The highest BCUT2D eigenvalue weighted by atomic mass is 32.1. The third-order valence-electron chi connectivity index (χ3n) is 13.0. The maximum absolute atomic E-state index is 5.11. The molecule has 318 valence electrons. The highest BCUT2D eigenvalue weighted by Crippen LogP contribution is 2.45. The Morgan fingerprint density at radius 3 is 1.53 bits per heavy atom. The van der Waals surface area contributed by atoms with Gasteiger partial charge in [-0.3, -0.25) is 0 Å². The van der Waals surface area contributed by atoms with E-state index in [1.165, 1.54) is 69.8 Å². The van der Waals surface area contributed by atoms with Crippen LogP contribution >= 0.6 is 11.3 Å². The second-order valence-corrected chi connectivity index (χ2v) is 18.2. The van der Waals surface area contributed by atoms with Crippen molar-refractivity contribution in [1.82, 2.24) is 19.5 Å². The van der Waals surface area contributed by atoms with Crippen molar-refractivity contribution < 1.29 is 0 Å². The summed E-state index contributed by atoms with van der Waals surface area (Å²) in [6.07, 6.45) is 0. The van der Waals surface area contributed by atoms with Crippen molar-refractivity contribution in [3.63, 3.8) is 0 Å². The van der Waals surface area contributed by atoms with Gasteiger partial charge in [-0.1, -0.05) is 194 Å². The lowest BCUT2D eigenvalue weighted by atomic mass is 9.94. The van der Waals surface area contributed by atoms with Crippen molar-refractivity contribution in [2.45, 2.75) is 0 Å². The van der Waals surface area contributed by atoms with Crippen LogP contribution in [0, 0.1) is 0 Å². The van der Waals surface area contributed by atoms with Gasteiger partial charge in [0.1, 0.15) is 0 Å². The summed E-state index contributed by atoms with van der Waals surface area (Å²) in [4.78, 5) is 15.2. The van der Waals surface area contributed by atoms with Crippen LogP contribution in [0.25, 0.3) is 126 Å². The lowest BCUT2D eigenvalue weighted by Gasteiger charge is -2.16. The van der Waals surface area contributed by atoms with Crippen molar-refractivity contribution >= 4 is 53.3 Å². The number of nitrogens with zero attached hydrogens (tertiary/aromatic N) is 4. The van der Waals surface area contributed by atoms with Gasteiger partial charge in [0.05, 0.1) is 16.7 Å². The van der Waals surface area contributed by atoms with Crippen molar-refractivity contribution in [3.05, 3.63) is 243 Å². The Morgan fingerprint density at radius 1 is 0.279 bits per heavy atom. The molecular weight excluding hydrogens is 845 g/mol. The van der Waals surface area contributed by atoms with Crippen LogP contribution in [0.15, 0.2) is 243 Å². The Bertz CT molecular complexity index is 3970. The van der Waals surface area contributed by atoms with Crippen LogP contribution in [0.4, 0.5) is 0 Å². The number of hydrogen-bond donors (Lipinski definition) is 0. The summed E-state index contributed by atoms with van der Waals surface area (Å²) < 4.78 is 4.97. The highest BCUT2D eigenvalue weighted by Gasteiger charge is 2.20. The Morgan fingerprint density at radius 2 is 0.794 bits per heavy atom. The molecule has 0 atom stereocenters. The summed E-state index contributed by atoms with van der Waals surface area (Å²) in [6.45, 7) is 0. The minimum Gasteiger partial charge on any atom is -0.309 e. The van der Waals surface area contributed by atoms with E-state index >= 15 is 0 Å². The molecule has 0 radical (unpaired) electrons. The molecule has 13 rings (SSSR count). The van der Waals surface area contributed by atoms with E-state index in [-0.39, 0.29) is 0 Å². The average molecular weight is 885 g/mol. The first kappa shape index (κ1) is 39.6. The van der Waals surface area contributed by atoms with Crippen LogP contribution in [0.2, 0.25) is 0 Å². The molecule has 0 spiro atoms. The van der Waals surface area contributed by atoms with E-state index in [2.05, 4.69) is 211 Å². The lowest BCUT2D eigenvalue weighted by molar-refractivity contribution is 1.07. The Balaban J connectivity index is 0.995. The third kappa shape index (κ3) is 6.96. The molecule has 0 amide bonds. The second kappa shape index (κ2) is 16.6. The van der Waals surface area contributed by atoms with Crippen LogP contribution in [0.5, 0.6) is 0 Å². The van der Waals surface area contributed by atoms with Gasteiger partial charge in [-0.05, 0) is 81.9 Å². The molecule has 3 heterocycles. The Kier molecular flexibility index (Phi) is 9.66. The van der Waals surface area contributed by atoms with Crippen LogP contribution in [0.3, 0.4) is 0 Å². The van der Waals surface area contributed by atoms with Crippen molar-refractivity contribution in [3.8, 4) is 84.4 Å². The summed E-state index contributed by atoms with van der Waals surface area (Å²) in [6, 6.07) is 86.7. The summed E-state index contributed by atoms with van der Waals surface area (Å²) in [7, 11) is 0. The van der Waals surface area contributed by atoms with Crippen LogP contribution in [0.1, 0.15) is 0 Å². The van der Waals surface area contributed by atoms with E-state index in [1.807, 2.05) is 47.7 Å². The highest BCUT2D eigenvalue weighted by molar-refractivity contribution is 7.26. The van der Waals surface area contributed by atoms with Gasteiger partial charge in [0.2, 0.25) is 0 Å². The topological polar surface area (TPSA) is 43.6 Å². The number of fused-ring (bicyclic) bond motifs is 6. The quantitative estimate of drug-likeness (QED) is 0.153.